The average molecular weight is 300 g/mol. The second kappa shape index (κ2) is 8.89. The number of carbonyl (C=O) groups excluding carboxylic acids is 1. The number of benzene rings is 1. The molecule has 0 aliphatic rings. The molecule has 0 aliphatic heterocycles. The van der Waals surface area contributed by atoms with Gasteiger partial charge in [-0.3, -0.25) is 9.78 Å². The van der Waals surface area contributed by atoms with Gasteiger partial charge in [0.05, 0.1) is 21.1 Å². The Labute approximate surface area is 124 Å². The van der Waals surface area contributed by atoms with Crippen LogP contribution in [-0.2, 0) is 0 Å². The SMILES string of the molecule is CC.CC.CC(=O)c1c(Cl)ccc2cc(Cl)cnc12. The van der Waals surface area contributed by atoms with Gasteiger partial charge in [0.15, 0.2) is 5.78 Å². The standard InChI is InChI=1S/C11H7Cl2NO.2C2H6/c1-6(15)10-9(13)3-2-7-4-8(12)5-14-11(7)10;2*1-2/h2-5H,1H3;2*1-2H3. The highest BCUT2D eigenvalue weighted by atomic mass is 35.5. The number of rotatable bonds is 1. The zero-order chi connectivity index (χ0) is 15.0. The molecule has 2 aromatic rings. The van der Waals surface area contributed by atoms with Gasteiger partial charge in [-0.15, -0.1) is 0 Å². The third kappa shape index (κ3) is 4.48. The van der Waals surface area contributed by atoms with Gasteiger partial charge in [0.2, 0.25) is 0 Å². The van der Waals surface area contributed by atoms with E-state index in [9.17, 15) is 4.79 Å². The molecule has 0 unspecified atom stereocenters. The fourth-order valence-electron chi connectivity index (χ4n) is 1.49. The Balaban J connectivity index is 0.000000741. The molecule has 1 aromatic carbocycles. The van der Waals surface area contributed by atoms with E-state index in [1.807, 2.05) is 27.7 Å². The van der Waals surface area contributed by atoms with Gasteiger partial charge in [-0.05, 0) is 19.1 Å². The van der Waals surface area contributed by atoms with Gasteiger partial charge in [-0.2, -0.15) is 0 Å². The maximum absolute atomic E-state index is 11.4. The van der Waals surface area contributed by atoms with Crippen molar-refractivity contribution in [1.29, 1.82) is 0 Å². The highest BCUT2D eigenvalue weighted by Gasteiger charge is 2.11. The monoisotopic (exact) mass is 299 g/mol. The van der Waals surface area contributed by atoms with E-state index in [-0.39, 0.29) is 5.78 Å². The predicted molar refractivity (Wildman–Crippen MR) is 84.5 cm³/mol. The molecule has 0 amide bonds. The molecule has 2 nitrogen and oxygen atoms in total. The Morgan fingerprint density at radius 2 is 1.68 bits per heavy atom. The van der Waals surface area contributed by atoms with Crippen LogP contribution in [0.3, 0.4) is 0 Å². The third-order valence-corrected chi connectivity index (χ3v) is 2.64. The molecule has 1 aromatic heterocycles. The van der Waals surface area contributed by atoms with Gasteiger partial charge in [0.25, 0.3) is 0 Å². The van der Waals surface area contributed by atoms with Gasteiger partial charge in [0, 0.05) is 11.6 Å². The number of hydrogen-bond acceptors (Lipinski definition) is 2. The van der Waals surface area contributed by atoms with Crippen molar-refractivity contribution in [3.05, 3.63) is 40.0 Å². The predicted octanol–water partition coefficient (Wildman–Crippen LogP) is 5.80. The van der Waals surface area contributed by atoms with Gasteiger partial charge in [-0.25, -0.2) is 0 Å². The second-order valence-electron chi connectivity index (χ2n) is 3.20. The van der Waals surface area contributed by atoms with E-state index < -0.39 is 0 Å². The average Bonchev–Trinajstić information content (AvgIpc) is 2.43. The van der Waals surface area contributed by atoms with Crippen LogP contribution in [0.2, 0.25) is 10.0 Å². The van der Waals surface area contributed by atoms with Crippen molar-refractivity contribution in [1.82, 2.24) is 4.98 Å². The fraction of sp³-hybridized carbons (Fsp3) is 0.333. The summed E-state index contributed by atoms with van der Waals surface area (Å²) in [6.07, 6.45) is 1.51. The quantitative estimate of drug-likeness (QED) is 0.623. The Morgan fingerprint density at radius 3 is 2.21 bits per heavy atom. The molecule has 4 heteroatoms. The first-order valence-corrected chi connectivity index (χ1v) is 7.10. The molecule has 0 spiro atoms. The molecular formula is C15H19Cl2NO. The van der Waals surface area contributed by atoms with Crippen molar-refractivity contribution in [2.75, 3.05) is 0 Å². The van der Waals surface area contributed by atoms with Crippen molar-refractivity contribution in [2.45, 2.75) is 34.6 Å². The van der Waals surface area contributed by atoms with Crippen LogP contribution in [0.25, 0.3) is 10.9 Å². The molecule has 2 rings (SSSR count). The molecule has 0 fully saturated rings. The van der Waals surface area contributed by atoms with Crippen molar-refractivity contribution >= 4 is 39.9 Å². The fourth-order valence-corrected chi connectivity index (χ4v) is 1.94. The second-order valence-corrected chi connectivity index (χ2v) is 4.05. The van der Waals surface area contributed by atoms with E-state index in [2.05, 4.69) is 4.98 Å². The molecule has 0 radical (unpaired) electrons. The minimum absolute atomic E-state index is 0.0968. The lowest BCUT2D eigenvalue weighted by molar-refractivity contribution is 0.101. The van der Waals surface area contributed by atoms with E-state index in [4.69, 9.17) is 23.2 Å². The minimum atomic E-state index is -0.0968. The first-order chi connectivity index (χ1) is 9.09. The van der Waals surface area contributed by atoms with Gasteiger partial charge in [-0.1, -0.05) is 57.0 Å². The topological polar surface area (TPSA) is 30.0 Å². The Bertz CT molecular complexity index is 553. The van der Waals surface area contributed by atoms with E-state index in [0.717, 1.165) is 5.39 Å². The van der Waals surface area contributed by atoms with Crippen LogP contribution in [0.15, 0.2) is 24.4 Å². The van der Waals surface area contributed by atoms with E-state index in [0.29, 0.717) is 21.1 Å². The largest absolute Gasteiger partial charge is 0.294 e. The van der Waals surface area contributed by atoms with E-state index in [1.165, 1.54) is 13.1 Å². The lowest BCUT2D eigenvalue weighted by atomic mass is 10.1. The number of Topliss-reactive ketones (excluding diaryl/α,β-unsaturated/α-hetero) is 1. The number of hydrogen-bond donors (Lipinski definition) is 0. The molecule has 0 saturated heterocycles. The molecule has 1 heterocycles. The lowest BCUT2D eigenvalue weighted by Crippen LogP contribution is -1.96. The lowest BCUT2D eigenvalue weighted by Gasteiger charge is -2.04. The number of ketones is 1. The number of pyridine rings is 1. The summed E-state index contributed by atoms with van der Waals surface area (Å²) >= 11 is 11.8. The summed E-state index contributed by atoms with van der Waals surface area (Å²) in [5, 5.41) is 1.78. The van der Waals surface area contributed by atoms with Crippen molar-refractivity contribution in [3.8, 4) is 0 Å². The highest BCUT2D eigenvalue weighted by molar-refractivity contribution is 6.36. The van der Waals surface area contributed by atoms with E-state index >= 15 is 0 Å². The van der Waals surface area contributed by atoms with Crippen LogP contribution in [0.5, 0.6) is 0 Å². The van der Waals surface area contributed by atoms with Crippen molar-refractivity contribution in [3.63, 3.8) is 0 Å². The Kier molecular flexibility index (Phi) is 8.37. The maximum atomic E-state index is 11.4. The summed E-state index contributed by atoms with van der Waals surface area (Å²) < 4.78 is 0. The Hall–Kier alpha value is -1.12. The summed E-state index contributed by atoms with van der Waals surface area (Å²) in [6.45, 7) is 9.47. The molecule has 0 bridgehead atoms. The van der Waals surface area contributed by atoms with Crippen LogP contribution < -0.4 is 0 Å². The number of aromatic nitrogens is 1. The zero-order valence-corrected chi connectivity index (χ0v) is 13.4. The molecule has 0 N–H and O–H groups in total. The van der Waals surface area contributed by atoms with Gasteiger partial charge < -0.3 is 0 Å². The number of halogens is 2. The molecule has 0 saturated carbocycles. The summed E-state index contributed by atoms with van der Waals surface area (Å²) in [6, 6.07) is 5.23. The number of nitrogens with zero attached hydrogens (tertiary/aromatic N) is 1. The Morgan fingerprint density at radius 1 is 1.11 bits per heavy atom. The summed E-state index contributed by atoms with van der Waals surface area (Å²) in [7, 11) is 0. The van der Waals surface area contributed by atoms with Crippen LogP contribution in [-0.4, -0.2) is 10.8 Å². The summed E-state index contributed by atoms with van der Waals surface area (Å²) in [5.74, 6) is -0.0968. The van der Waals surface area contributed by atoms with Crippen LogP contribution in [0.1, 0.15) is 45.0 Å². The first-order valence-electron chi connectivity index (χ1n) is 6.34. The third-order valence-electron chi connectivity index (χ3n) is 2.12. The van der Waals surface area contributed by atoms with Gasteiger partial charge >= 0.3 is 0 Å². The molecule has 104 valence electrons. The molecule has 0 aliphatic carbocycles. The van der Waals surface area contributed by atoms with Crippen LogP contribution in [0.4, 0.5) is 0 Å². The minimum Gasteiger partial charge on any atom is -0.294 e. The normalized spacial score (nSPS) is 9.00. The summed E-state index contributed by atoms with van der Waals surface area (Å²) in [5.41, 5.74) is 1.05. The van der Waals surface area contributed by atoms with Crippen LogP contribution in [0, 0.1) is 0 Å². The highest BCUT2D eigenvalue weighted by Crippen LogP contribution is 2.26. The van der Waals surface area contributed by atoms with Crippen LogP contribution >= 0.6 is 23.2 Å². The number of fused-ring (bicyclic) bond motifs is 1. The zero-order valence-electron chi connectivity index (χ0n) is 11.9. The molecule has 0 atom stereocenters. The maximum Gasteiger partial charge on any atom is 0.163 e. The first kappa shape index (κ1) is 17.9. The van der Waals surface area contributed by atoms with E-state index in [1.54, 1.807) is 18.2 Å². The molecule has 19 heavy (non-hydrogen) atoms. The number of carbonyl (C=O) groups is 1. The van der Waals surface area contributed by atoms with Crippen molar-refractivity contribution in [2.24, 2.45) is 0 Å². The smallest absolute Gasteiger partial charge is 0.163 e. The van der Waals surface area contributed by atoms with Crippen molar-refractivity contribution < 1.29 is 4.79 Å². The molecular weight excluding hydrogens is 281 g/mol. The van der Waals surface area contributed by atoms with Gasteiger partial charge in [0.1, 0.15) is 0 Å². The summed E-state index contributed by atoms with van der Waals surface area (Å²) in [4.78, 5) is 15.5.